The molecule has 0 spiro atoms. The maximum Gasteiger partial charge on any atom is 0.673 e. The third-order valence-corrected chi connectivity index (χ3v) is 13.7. The highest BCUT2D eigenvalue weighted by Crippen LogP contribution is 2.60. The second-order valence-corrected chi connectivity index (χ2v) is 14.6. The van der Waals surface area contributed by atoms with E-state index in [0.717, 1.165) is 22.6 Å². The predicted octanol–water partition coefficient (Wildman–Crippen LogP) is 7.16. The van der Waals surface area contributed by atoms with Crippen molar-refractivity contribution in [1.29, 1.82) is 0 Å². The predicted molar refractivity (Wildman–Crippen MR) is 103 cm³/mol. The van der Waals surface area contributed by atoms with Crippen LogP contribution in [-0.2, 0) is 0 Å². The summed E-state index contributed by atoms with van der Waals surface area (Å²) in [6, 6.07) is 0. The molecule has 2 aliphatic rings. The summed E-state index contributed by atoms with van der Waals surface area (Å²) < 4.78 is 78.0. The number of hydrogen-bond acceptors (Lipinski definition) is 0. The van der Waals surface area contributed by atoms with Crippen molar-refractivity contribution in [2.45, 2.75) is 76.0 Å². The average Bonchev–Trinajstić information content (AvgIpc) is 2.88. The highest BCUT2D eigenvalue weighted by atomic mass is 31.1. The first-order valence-corrected chi connectivity index (χ1v) is 12.8. The van der Waals surface area contributed by atoms with Gasteiger partial charge in [-0.15, -0.1) is 0 Å². The van der Waals surface area contributed by atoms with E-state index in [9.17, 15) is 34.5 Å². The van der Waals surface area contributed by atoms with Crippen molar-refractivity contribution < 1.29 is 34.5 Å². The molecule has 158 valence electrons. The Morgan fingerprint density at radius 1 is 0.538 bits per heavy atom. The van der Waals surface area contributed by atoms with Crippen LogP contribution in [0.3, 0.4) is 0 Å². The fraction of sp³-hybridized carbons (Fsp3) is 1.00. The lowest BCUT2D eigenvalue weighted by atomic mass is 10.2. The van der Waals surface area contributed by atoms with Gasteiger partial charge in [0.1, 0.15) is 0 Å². The molecular formula is C14H30B2F8P2. The van der Waals surface area contributed by atoms with Crippen molar-refractivity contribution in [2.24, 2.45) is 0 Å². The Kier molecular flexibility index (Phi) is 11.6. The summed E-state index contributed by atoms with van der Waals surface area (Å²) in [6.45, 7) is 10.2. The number of rotatable bonds is 3. The smallest absolute Gasteiger partial charge is 0.418 e. The van der Waals surface area contributed by atoms with Crippen LogP contribution < -0.4 is 0 Å². The number of halogens is 8. The molecular weight excluding hydrogens is 404 g/mol. The van der Waals surface area contributed by atoms with Crippen LogP contribution in [0.5, 0.6) is 0 Å². The summed E-state index contributed by atoms with van der Waals surface area (Å²) in [7, 11) is -12.0. The zero-order valence-electron chi connectivity index (χ0n) is 15.7. The summed E-state index contributed by atoms with van der Waals surface area (Å²) in [5, 5.41) is 0. The molecule has 0 amide bonds. The molecule has 0 aliphatic carbocycles. The van der Waals surface area contributed by atoms with Gasteiger partial charge in [-0.1, -0.05) is 0 Å². The Morgan fingerprint density at radius 2 is 0.692 bits per heavy atom. The zero-order chi connectivity index (χ0) is 20.7. The second-order valence-electron chi connectivity index (χ2n) is 7.40. The normalized spacial score (nSPS) is 30.5. The van der Waals surface area contributed by atoms with Crippen molar-refractivity contribution in [1.82, 2.24) is 0 Å². The topological polar surface area (TPSA) is 0 Å². The second kappa shape index (κ2) is 11.4. The molecule has 0 aromatic carbocycles. The Balaban J connectivity index is 0.000000520. The Morgan fingerprint density at radius 3 is 0.846 bits per heavy atom. The minimum Gasteiger partial charge on any atom is -0.418 e. The monoisotopic (exact) mass is 434 g/mol. The summed E-state index contributed by atoms with van der Waals surface area (Å²) in [5.41, 5.74) is 4.48. The minimum absolute atomic E-state index is 0.0245. The lowest BCUT2D eigenvalue weighted by Crippen LogP contribution is -2.08. The van der Waals surface area contributed by atoms with Gasteiger partial charge in [0.15, 0.2) is 0 Å². The largest absolute Gasteiger partial charge is 0.673 e. The van der Waals surface area contributed by atoms with E-state index in [4.69, 9.17) is 0 Å². The van der Waals surface area contributed by atoms with Gasteiger partial charge in [-0.25, -0.2) is 0 Å². The lowest BCUT2D eigenvalue weighted by molar-refractivity contribution is 0.366. The zero-order valence-corrected chi connectivity index (χ0v) is 17.7. The summed E-state index contributed by atoms with van der Waals surface area (Å²) in [6.07, 6.45) is 9.50. The van der Waals surface area contributed by atoms with Crippen LogP contribution in [0.4, 0.5) is 34.5 Å². The van der Waals surface area contributed by atoms with Gasteiger partial charge in [-0.2, -0.15) is 0 Å². The van der Waals surface area contributed by atoms with E-state index in [1.807, 2.05) is 0 Å². The SMILES string of the molecule is C[C@H]1CC[C@H](C)[PH+]1CC[PH+]1[C@@H](C)CC[C@@H]1C.F[B-](F)(F)F.F[B-](F)(F)F. The van der Waals surface area contributed by atoms with Crippen LogP contribution in [0.15, 0.2) is 0 Å². The molecule has 26 heavy (non-hydrogen) atoms. The summed E-state index contributed by atoms with van der Waals surface area (Å²) in [5.74, 6) is 0. The van der Waals surface area contributed by atoms with Gasteiger partial charge in [0, 0.05) is 15.8 Å². The molecule has 4 atom stereocenters. The van der Waals surface area contributed by atoms with Crippen LogP contribution in [0, 0.1) is 0 Å². The first kappa shape index (κ1) is 26.4. The quantitative estimate of drug-likeness (QED) is 0.251. The maximum absolute atomic E-state index is 9.75. The molecule has 0 saturated carbocycles. The molecule has 2 rings (SSSR count). The molecule has 0 unspecified atom stereocenters. The molecule has 0 radical (unpaired) electrons. The van der Waals surface area contributed by atoms with Gasteiger partial charge < -0.3 is 34.5 Å². The molecule has 0 N–H and O–H groups in total. The molecule has 2 saturated heterocycles. The van der Waals surface area contributed by atoms with Gasteiger partial charge in [-0.05, 0) is 53.4 Å². The molecule has 12 heteroatoms. The standard InChI is InChI=1S/C14H28P2.2BF4/c1-11-5-6-12(2)15(11)9-10-16-13(3)7-8-14(16)4;2*2-1(3,4)5/h11-14H,5-10H2,1-4H3;;/q;2*-1/p+2/t11-,12-,13-,14-;;/m0../s1. The highest BCUT2D eigenvalue weighted by molar-refractivity contribution is 7.63. The van der Waals surface area contributed by atoms with Gasteiger partial charge in [0.05, 0.1) is 35.0 Å². The van der Waals surface area contributed by atoms with Gasteiger partial charge in [-0.3, -0.25) is 0 Å². The van der Waals surface area contributed by atoms with Gasteiger partial charge in [0.25, 0.3) is 0 Å². The van der Waals surface area contributed by atoms with Crippen LogP contribution in [-0.4, -0.2) is 49.5 Å². The Labute approximate surface area is 154 Å². The van der Waals surface area contributed by atoms with Crippen molar-refractivity contribution in [3.8, 4) is 0 Å². The van der Waals surface area contributed by atoms with Gasteiger partial charge in [0.2, 0.25) is 0 Å². The summed E-state index contributed by atoms with van der Waals surface area (Å²) in [4.78, 5) is 0. The number of hydrogen-bond donors (Lipinski definition) is 0. The van der Waals surface area contributed by atoms with Crippen molar-refractivity contribution in [3.05, 3.63) is 0 Å². The third-order valence-electron chi connectivity index (χ3n) is 5.30. The first-order chi connectivity index (χ1) is 11.6. The van der Waals surface area contributed by atoms with E-state index in [-0.39, 0.29) is 15.8 Å². The molecule has 0 bridgehead atoms. The van der Waals surface area contributed by atoms with Crippen LogP contribution in [0.1, 0.15) is 53.4 Å². The third kappa shape index (κ3) is 13.6. The van der Waals surface area contributed by atoms with Gasteiger partial charge >= 0.3 is 14.5 Å². The fourth-order valence-corrected chi connectivity index (χ4v) is 12.4. The molecule has 0 aromatic rings. The first-order valence-electron chi connectivity index (χ1n) is 9.05. The maximum atomic E-state index is 9.75. The minimum atomic E-state index is -6.00. The van der Waals surface area contributed by atoms with E-state index < -0.39 is 14.5 Å². The van der Waals surface area contributed by atoms with E-state index in [2.05, 4.69) is 27.7 Å². The van der Waals surface area contributed by atoms with E-state index in [1.54, 1.807) is 38.0 Å². The van der Waals surface area contributed by atoms with Crippen molar-refractivity contribution in [2.75, 3.05) is 12.3 Å². The Hall–Kier alpha value is 0.430. The molecule has 2 heterocycles. The molecule has 0 nitrogen and oxygen atoms in total. The lowest BCUT2D eigenvalue weighted by Gasteiger charge is -2.17. The van der Waals surface area contributed by atoms with Crippen LogP contribution in [0.2, 0.25) is 0 Å². The average molecular weight is 434 g/mol. The fourth-order valence-electron chi connectivity index (χ4n) is 3.99. The molecule has 0 aromatic heterocycles. The van der Waals surface area contributed by atoms with E-state index in [1.165, 1.54) is 0 Å². The van der Waals surface area contributed by atoms with E-state index >= 15 is 0 Å². The highest BCUT2D eigenvalue weighted by Gasteiger charge is 2.42. The van der Waals surface area contributed by atoms with Crippen molar-refractivity contribution in [3.63, 3.8) is 0 Å². The Bertz CT molecular complexity index is 326. The van der Waals surface area contributed by atoms with Crippen LogP contribution in [0.25, 0.3) is 0 Å². The van der Waals surface area contributed by atoms with Crippen molar-refractivity contribution >= 4 is 30.4 Å². The van der Waals surface area contributed by atoms with Crippen LogP contribution >= 0.6 is 15.8 Å². The molecule has 2 aliphatic heterocycles. The summed E-state index contributed by atoms with van der Waals surface area (Å²) >= 11 is 0. The van der Waals surface area contributed by atoms with E-state index in [0.29, 0.717) is 0 Å². The molecule has 2 fully saturated rings.